The van der Waals surface area contributed by atoms with Gasteiger partial charge in [0.2, 0.25) is 11.9 Å². The van der Waals surface area contributed by atoms with Crippen molar-refractivity contribution in [2.45, 2.75) is 82.0 Å². The summed E-state index contributed by atoms with van der Waals surface area (Å²) in [4.78, 5) is 23.8. The lowest BCUT2D eigenvalue weighted by molar-refractivity contribution is -0.133. The van der Waals surface area contributed by atoms with Crippen LogP contribution < -0.4 is 15.4 Å². The molecule has 11 heteroatoms. The van der Waals surface area contributed by atoms with Crippen molar-refractivity contribution in [3.8, 4) is 5.75 Å². The quantitative estimate of drug-likeness (QED) is 0.291. The second-order valence-corrected chi connectivity index (χ2v) is 15.1. The van der Waals surface area contributed by atoms with Gasteiger partial charge in [-0.2, -0.15) is 4.98 Å². The molecule has 6 rings (SSSR count). The molecule has 3 aliphatic rings. The average molecular weight is 624 g/mol. The molecule has 1 aromatic heterocycles. The van der Waals surface area contributed by atoms with Gasteiger partial charge in [0, 0.05) is 31.0 Å². The summed E-state index contributed by atoms with van der Waals surface area (Å²) in [5.74, 6) is 2.38. The minimum absolute atomic E-state index is 0.0374. The first-order chi connectivity index (χ1) is 20.5. The molecule has 43 heavy (non-hydrogen) atoms. The van der Waals surface area contributed by atoms with Gasteiger partial charge in [0.1, 0.15) is 16.9 Å². The van der Waals surface area contributed by atoms with Crippen LogP contribution in [0.3, 0.4) is 0 Å². The number of carbonyl (C=O) groups excluding carboxylic acids is 1. The predicted octanol–water partition coefficient (Wildman–Crippen LogP) is 6.55. The van der Waals surface area contributed by atoms with Gasteiger partial charge in [-0.05, 0) is 88.6 Å². The Morgan fingerprint density at radius 1 is 1.09 bits per heavy atom. The van der Waals surface area contributed by atoms with Crippen molar-refractivity contribution in [3.05, 3.63) is 58.2 Å². The molecule has 3 heterocycles. The molecule has 3 aromatic rings. The lowest BCUT2D eigenvalue weighted by Crippen LogP contribution is -2.39. The van der Waals surface area contributed by atoms with Crippen LogP contribution in [-0.2, 0) is 21.1 Å². The number of likely N-dealkylation sites (tertiary alicyclic amines) is 1. The second kappa shape index (κ2) is 11.6. The Balaban J connectivity index is 1.26. The number of benzene rings is 2. The molecule has 0 radical (unpaired) electrons. The SMILES string of the molecule is Cc1cc(Nc2ncc(Cl)c(Nc3ccccc3S(=O)(=O)C(C)C)n2)c2c(c1C1CCN(C(=O)C3CC3)CC1)C[C@@H](C)O2. The Hall–Kier alpha value is -3.37. The molecule has 1 saturated carbocycles. The van der Waals surface area contributed by atoms with Crippen LogP contribution >= 0.6 is 11.6 Å². The van der Waals surface area contributed by atoms with Crippen LogP contribution in [0.2, 0.25) is 5.02 Å². The van der Waals surface area contributed by atoms with E-state index in [4.69, 9.17) is 16.3 Å². The number of amides is 1. The molecule has 2 N–H and O–H groups in total. The third kappa shape index (κ3) is 5.91. The Kier molecular flexibility index (Phi) is 8.02. The minimum atomic E-state index is -3.54. The Morgan fingerprint density at radius 2 is 1.81 bits per heavy atom. The maximum atomic E-state index is 13.0. The summed E-state index contributed by atoms with van der Waals surface area (Å²) in [5, 5.41) is 6.13. The van der Waals surface area contributed by atoms with Crippen LogP contribution in [0.5, 0.6) is 5.75 Å². The van der Waals surface area contributed by atoms with Crippen molar-refractivity contribution in [2.75, 3.05) is 23.7 Å². The number of carbonyl (C=O) groups is 1. The number of ether oxygens (including phenoxy) is 1. The van der Waals surface area contributed by atoms with Crippen LogP contribution in [0, 0.1) is 12.8 Å². The lowest BCUT2D eigenvalue weighted by atomic mass is 9.82. The Bertz CT molecular complexity index is 1670. The number of nitrogens with zero attached hydrogens (tertiary/aromatic N) is 3. The number of aromatic nitrogens is 2. The average Bonchev–Trinajstić information content (AvgIpc) is 3.76. The molecule has 0 spiro atoms. The van der Waals surface area contributed by atoms with Gasteiger partial charge in [0.05, 0.1) is 27.7 Å². The first kappa shape index (κ1) is 29.7. The monoisotopic (exact) mass is 623 g/mol. The van der Waals surface area contributed by atoms with Gasteiger partial charge in [-0.15, -0.1) is 0 Å². The van der Waals surface area contributed by atoms with Crippen molar-refractivity contribution in [3.63, 3.8) is 0 Å². The minimum Gasteiger partial charge on any atom is -0.488 e. The largest absolute Gasteiger partial charge is 0.488 e. The number of nitrogens with one attached hydrogen (secondary N) is 2. The molecule has 2 aromatic carbocycles. The van der Waals surface area contributed by atoms with Crippen molar-refractivity contribution in [1.29, 1.82) is 0 Å². The molecule has 228 valence electrons. The van der Waals surface area contributed by atoms with Crippen LogP contribution in [0.1, 0.15) is 69.1 Å². The highest BCUT2D eigenvalue weighted by atomic mass is 35.5. The van der Waals surface area contributed by atoms with Crippen LogP contribution in [0.25, 0.3) is 0 Å². The van der Waals surface area contributed by atoms with E-state index >= 15 is 0 Å². The zero-order chi connectivity index (χ0) is 30.5. The molecule has 0 unspecified atom stereocenters. The molecule has 1 amide bonds. The normalized spacial score (nSPS) is 18.8. The van der Waals surface area contributed by atoms with Gasteiger partial charge in [-0.3, -0.25) is 4.79 Å². The van der Waals surface area contributed by atoms with Crippen molar-refractivity contribution >= 4 is 50.5 Å². The molecule has 1 aliphatic carbocycles. The topological polar surface area (TPSA) is 114 Å². The number of sulfone groups is 1. The van der Waals surface area contributed by atoms with Gasteiger partial charge in [0.25, 0.3) is 0 Å². The zero-order valence-corrected chi connectivity index (χ0v) is 26.6. The highest BCUT2D eigenvalue weighted by molar-refractivity contribution is 7.92. The molecule has 1 saturated heterocycles. The van der Waals surface area contributed by atoms with E-state index in [0.29, 0.717) is 23.5 Å². The van der Waals surface area contributed by atoms with E-state index in [-0.39, 0.29) is 27.8 Å². The number of hydrogen-bond acceptors (Lipinski definition) is 8. The van der Waals surface area contributed by atoms with E-state index in [0.717, 1.165) is 56.6 Å². The highest BCUT2D eigenvalue weighted by Crippen LogP contribution is 2.46. The maximum Gasteiger partial charge on any atom is 0.229 e. The van der Waals surface area contributed by atoms with Crippen molar-refractivity contribution < 1.29 is 17.9 Å². The predicted molar refractivity (Wildman–Crippen MR) is 169 cm³/mol. The smallest absolute Gasteiger partial charge is 0.229 e. The molecule has 1 atom stereocenters. The van der Waals surface area contributed by atoms with Crippen molar-refractivity contribution in [1.82, 2.24) is 14.9 Å². The van der Waals surface area contributed by atoms with Gasteiger partial charge in [-0.1, -0.05) is 23.7 Å². The number of rotatable bonds is 8. The summed E-state index contributed by atoms with van der Waals surface area (Å²) in [6.45, 7) is 9.12. The third-order valence-electron chi connectivity index (χ3n) is 8.64. The fourth-order valence-corrected chi connectivity index (χ4v) is 7.56. The Morgan fingerprint density at radius 3 is 2.51 bits per heavy atom. The third-order valence-corrected chi connectivity index (χ3v) is 11.1. The number of halogens is 1. The number of para-hydroxylation sites is 1. The number of fused-ring (bicyclic) bond motifs is 1. The van der Waals surface area contributed by atoms with Gasteiger partial charge in [0.15, 0.2) is 15.7 Å². The highest BCUT2D eigenvalue weighted by Gasteiger charge is 2.37. The molecular weight excluding hydrogens is 586 g/mol. The van der Waals surface area contributed by atoms with E-state index in [1.54, 1.807) is 38.1 Å². The van der Waals surface area contributed by atoms with Gasteiger partial charge in [-0.25, -0.2) is 13.4 Å². The van der Waals surface area contributed by atoms with Crippen LogP contribution in [0.15, 0.2) is 41.4 Å². The fourth-order valence-electron chi connectivity index (χ4n) is 6.22. The molecule has 0 bridgehead atoms. The van der Waals surface area contributed by atoms with E-state index in [1.807, 2.05) is 0 Å². The fraction of sp³-hybridized carbons (Fsp3) is 0.469. The van der Waals surface area contributed by atoms with E-state index in [2.05, 4.69) is 45.4 Å². The summed E-state index contributed by atoms with van der Waals surface area (Å²) in [7, 11) is -3.54. The summed E-state index contributed by atoms with van der Waals surface area (Å²) in [6.07, 6.45) is 6.33. The summed E-state index contributed by atoms with van der Waals surface area (Å²) in [5.41, 5.74) is 4.89. The van der Waals surface area contributed by atoms with E-state index in [9.17, 15) is 13.2 Å². The summed E-state index contributed by atoms with van der Waals surface area (Å²) in [6, 6.07) is 8.81. The lowest BCUT2D eigenvalue weighted by Gasteiger charge is -2.34. The second-order valence-electron chi connectivity index (χ2n) is 12.2. The Labute approximate surface area is 258 Å². The molecule has 2 fully saturated rings. The molecular formula is C32H38ClN5O4S. The van der Waals surface area contributed by atoms with Gasteiger partial charge < -0.3 is 20.3 Å². The first-order valence-electron chi connectivity index (χ1n) is 15.0. The van der Waals surface area contributed by atoms with Crippen LogP contribution in [0.4, 0.5) is 23.1 Å². The molecule has 9 nitrogen and oxygen atoms in total. The van der Waals surface area contributed by atoms with Crippen LogP contribution in [-0.4, -0.2) is 53.6 Å². The molecule has 2 aliphatic heterocycles. The number of hydrogen-bond donors (Lipinski definition) is 2. The van der Waals surface area contributed by atoms with Crippen molar-refractivity contribution in [2.24, 2.45) is 5.92 Å². The number of anilines is 4. The van der Waals surface area contributed by atoms with Gasteiger partial charge >= 0.3 is 0 Å². The van der Waals surface area contributed by atoms with E-state index in [1.165, 1.54) is 22.9 Å². The maximum absolute atomic E-state index is 13.0. The standard InChI is InChI=1S/C32H38ClN5O4S/c1-18(2)43(40,41)27-8-6-5-7-25(27)35-30-24(33)17-34-32(37-30)36-26-15-19(3)28(23-16-20(4)42-29(23)26)21-11-13-38(14-12-21)31(39)22-9-10-22/h5-8,15,17-18,20-22H,9-14,16H2,1-4H3,(H2,34,35,36,37)/t20-/m1/s1. The zero-order valence-electron chi connectivity index (χ0n) is 25.0. The summed E-state index contributed by atoms with van der Waals surface area (Å²) < 4.78 is 32.3. The van der Waals surface area contributed by atoms with E-state index < -0.39 is 15.1 Å². The first-order valence-corrected chi connectivity index (χ1v) is 17.0. The summed E-state index contributed by atoms with van der Waals surface area (Å²) >= 11 is 6.46. The number of piperidine rings is 1. The number of aryl methyl sites for hydroxylation is 1.